The van der Waals surface area contributed by atoms with Gasteiger partial charge in [-0.2, -0.15) is 0 Å². The van der Waals surface area contributed by atoms with Crippen molar-refractivity contribution in [2.75, 3.05) is 17.9 Å². The van der Waals surface area contributed by atoms with Crippen molar-refractivity contribution >= 4 is 23.4 Å². The summed E-state index contributed by atoms with van der Waals surface area (Å²) in [4.78, 5) is 13.2. The second-order valence-electron chi connectivity index (χ2n) is 6.76. The fraction of sp³-hybridized carbons (Fsp3) is 0.286. The third-order valence-corrected chi connectivity index (χ3v) is 5.97. The van der Waals surface area contributed by atoms with Crippen LogP contribution in [0.1, 0.15) is 30.8 Å². The normalized spacial score (nSPS) is 17.9. The molecule has 0 aliphatic carbocycles. The highest BCUT2D eigenvalue weighted by Gasteiger charge is 2.37. The zero-order valence-corrected chi connectivity index (χ0v) is 17.1. The number of carbonyl (C=O) groups is 1. The molecule has 1 aromatic heterocycles. The summed E-state index contributed by atoms with van der Waals surface area (Å²) in [5, 5.41) is 11.9. The molecule has 1 aliphatic heterocycles. The van der Waals surface area contributed by atoms with Crippen LogP contribution in [0.4, 0.5) is 5.69 Å². The predicted octanol–water partition coefficient (Wildman–Crippen LogP) is 3.64. The van der Waals surface area contributed by atoms with Crippen molar-refractivity contribution in [3.63, 3.8) is 0 Å². The first-order valence-electron chi connectivity index (χ1n) is 9.57. The lowest BCUT2D eigenvalue weighted by Crippen LogP contribution is -2.41. The molecular formula is C21H23N5O2S. The second-order valence-corrected chi connectivity index (χ2v) is 7.87. The van der Waals surface area contributed by atoms with E-state index in [0.29, 0.717) is 5.16 Å². The van der Waals surface area contributed by atoms with E-state index >= 15 is 0 Å². The van der Waals surface area contributed by atoms with Crippen LogP contribution in [0, 0.1) is 0 Å². The summed E-state index contributed by atoms with van der Waals surface area (Å²) < 4.78 is 7.10. The number of nitrogens with zero attached hydrogens (tertiary/aromatic N) is 3. The van der Waals surface area contributed by atoms with E-state index in [1.165, 1.54) is 11.8 Å². The topological polar surface area (TPSA) is 81.1 Å². The third-order valence-electron chi connectivity index (χ3n) is 4.75. The number of hydrogen-bond donors (Lipinski definition) is 2. The van der Waals surface area contributed by atoms with Crippen LogP contribution in [0.15, 0.2) is 59.8 Å². The van der Waals surface area contributed by atoms with Crippen molar-refractivity contribution in [2.45, 2.75) is 36.2 Å². The van der Waals surface area contributed by atoms with Gasteiger partial charge in [-0.1, -0.05) is 49.0 Å². The number of fused-ring (bicyclic) bond motifs is 1. The van der Waals surface area contributed by atoms with Gasteiger partial charge in [-0.3, -0.25) is 4.79 Å². The molecule has 1 aliphatic rings. The molecule has 2 N–H and O–H groups in total. The first-order valence-corrected chi connectivity index (χ1v) is 10.4. The van der Waals surface area contributed by atoms with E-state index in [9.17, 15) is 4.79 Å². The van der Waals surface area contributed by atoms with Gasteiger partial charge in [-0.05, 0) is 36.2 Å². The number of anilines is 1. The maximum Gasteiger partial charge on any atom is 0.240 e. The Bertz CT molecular complexity index is 974. The number of rotatable bonds is 6. The Balaban J connectivity index is 1.62. The molecule has 0 saturated carbocycles. The van der Waals surface area contributed by atoms with Crippen LogP contribution in [0.25, 0.3) is 0 Å². The van der Waals surface area contributed by atoms with Gasteiger partial charge in [0.25, 0.3) is 0 Å². The van der Waals surface area contributed by atoms with Gasteiger partial charge in [0.15, 0.2) is 5.82 Å². The lowest BCUT2D eigenvalue weighted by Gasteiger charge is -2.33. The fourth-order valence-corrected chi connectivity index (χ4v) is 4.38. The molecule has 29 heavy (non-hydrogen) atoms. The minimum Gasteiger partial charge on any atom is -0.497 e. The van der Waals surface area contributed by atoms with Gasteiger partial charge < -0.3 is 15.5 Å². The highest BCUT2D eigenvalue weighted by molar-refractivity contribution is 8.00. The quantitative estimate of drug-likeness (QED) is 0.647. The first kappa shape index (κ1) is 19.3. The van der Waals surface area contributed by atoms with Crippen LogP contribution in [-0.2, 0) is 11.2 Å². The Morgan fingerprint density at radius 1 is 1.17 bits per heavy atom. The van der Waals surface area contributed by atoms with Crippen LogP contribution in [0.5, 0.6) is 5.75 Å². The van der Waals surface area contributed by atoms with Gasteiger partial charge in [0, 0.05) is 12.1 Å². The molecule has 3 aromatic rings. The number of aryl methyl sites for hydroxylation is 1. The lowest BCUT2D eigenvalue weighted by molar-refractivity contribution is -0.116. The molecule has 0 spiro atoms. The number of ether oxygens (including phenoxy) is 1. The van der Waals surface area contributed by atoms with Gasteiger partial charge in [0.1, 0.15) is 11.0 Å². The molecule has 4 rings (SSSR count). The smallest absolute Gasteiger partial charge is 0.240 e. The first-order chi connectivity index (χ1) is 14.2. The van der Waals surface area contributed by atoms with Gasteiger partial charge in [-0.15, -0.1) is 10.2 Å². The summed E-state index contributed by atoms with van der Waals surface area (Å²) >= 11 is 1.43. The maximum atomic E-state index is 13.2. The van der Waals surface area contributed by atoms with Gasteiger partial charge in [0.05, 0.1) is 13.2 Å². The highest BCUT2D eigenvalue weighted by atomic mass is 32.2. The Kier molecular flexibility index (Phi) is 5.71. The van der Waals surface area contributed by atoms with E-state index in [1.807, 2.05) is 59.3 Å². The lowest BCUT2D eigenvalue weighted by atomic mass is 10.0. The minimum absolute atomic E-state index is 0.0900. The van der Waals surface area contributed by atoms with Crippen molar-refractivity contribution in [1.82, 2.24) is 14.9 Å². The number of carbonyl (C=O) groups excluding carboxylic acids is 1. The minimum atomic E-state index is -0.398. The van der Waals surface area contributed by atoms with Crippen molar-refractivity contribution < 1.29 is 9.53 Å². The number of hydrogen-bond acceptors (Lipinski definition) is 6. The van der Waals surface area contributed by atoms with Crippen LogP contribution >= 0.6 is 11.8 Å². The largest absolute Gasteiger partial charge is 0.497 e. The van der Waals surface area contributed by atoms with E-state index in [-0.39, 0.29) is 11.9 Å². The summed E-state index contributed by atoms with van der Waals surface area (Å²) in [7, 11) is 1.62. The number of amides is 1. The second kappa shape index (κ2) is 8.57. The summed E-state index contributed by atoms with van der Waals surface area (Å²) in [5.41, 5.74) is 5.23. The third kappa shape index (κ3) is 4.07. The number of aromatic nitrogens is 3. The monoisotopic (exact) mass is 409 g/mol. The van der Waals surface area contributed by atoms with E-state index in [1.54, 1.807) is 7.11 Å². The molecule has 0 saturated heterocycles. The average molecular weight is 410 g/mol. The Morgan fingerprint density at radius 3 is 2.62 bits per heavy atom. The fourth-order valence-electron chi connectivity index (χ4n) is 3.28. The molecule has 0 radical (unpaired) electrons. The van der Waals surface area contributed by atoms with E-state index < -0.39 is 5.25 Å². The Labute approximate surface area is 173 Å². The zero-order valence-electron chi connectivity index (χ0n) is 16.3. The molecule has 1 amide bonds. The van der Waals surface area contributed by atoms with Crippen molar-refractivity contribution in [2.24, 2.45) is 0 Å². The molecule has 0 bridgehead atoms. The summed E-state index contributed by atoms with van der Waals surface area (Å²) in [6, 6.07) is 17.1. The Hall–Kier alpha value is -3.00. The van der Waals surface area contributed by atoms with Crippen molar-refractivity contribution in [1.29, 1.82) is 0 Å². The van der Waals surface area contributed by atoms with Crippen LogP contribution < -0.4 is 15.5 Å². The number of thioether (sulfide) groups is 1. The van der Waals surface area contributed by atoms with Crippen molar-refractivity contribution in [3.05, 3.63) is 66.0 Å². The molecule has 2 aromatic carbocycles. The van der Waals surface area contributed by atoms with Gasteiger partial charge >= 0.3 is 0 Å². The average Bonchev–Trinajstić information content (AvgIpc) is 3.16. The standard InChI is InChI=1S/C21H23N5O2S/c1-3-7-17-23-24-21-26(17)25-18(14-8-5-4-6-9-14)19(29-21)20(27)22-15-10-12-16(28-2)13-11-15/h4-6,8-13,18-19,25H,3,7H2,1-2H3,(H,22,27)/t18-,19-/m1/s1. The molecule has 0 unspecified atom stereocenters. The van der Waals surface area contributed by atoms with E-state index in [2.05, 4.69) is 27.9 Å². The molecule has 150 valence electrons. The molecular weight excluding hydrogens is 386 g/mol. The zero-order chi connectivity index (χ0) is 20.2. The van der Waals surface area contributed by atoms with E-state index in [0.717, 1.165) is 35.7 Å². The summed E-state index contributed by atoms with van der Waals surface area (Å²) in [5.74, 6) is 1.54. The number of methoxy groups -OCH3 is 1. The van der Waals surface area contributed by atoms with Crippen LogP contribution in [0.3, 0.4) is 0 Å². The molecule has 2 heterocycles. The Morgan fingerprint density at radius 2 is 1.93 bits per heavy atom. The van der Waals surface area contributed by atoms with E-state index in [4.69, 9.17) is 4.74 Å². The highest BCUT2D eigenvalue weighted by Crippen LogP contribution is 2.37. The molecule has 7 nitrogen and oxygen atoms in total. The van der Waals surface area contributed by atoms with Crippen LogP contribution in [-0.4, -0.2) is 33.1 Å². The van der Waals surface area contributed by atoms with Crippen LogP contribution in [0.2, 0.25) is 0 Å². The van der Waals surface area contributed by atoms with Crippen molar-refractivity contribution in [3.8, 4) is 5.75 Å². The maximum absolute atomic E-state index is 13.2. The molecule has 8 heteroatoms. The van der Waals surface area contributed by atoms with Gasteiger partial charge in [0.2, 0.25) is 11.1 Å². The number of nitrogens with one attached hydrogen (secondary N) is 2. The predicted molar refractivity (Wildman–Crippen MR) is 114 cm³/mol. The molecule has 2 atom stereocenters. The summed E-state index contributed by atoms with van der Waals surface area (Å²) in [6.07, 6.45) is 1.80. The molecule has 0 fully saturated rings. The van der Waals surface area contributed by atoms with Gasteiger partial charge in [-0.25, -0.2) is 4.68 Å². The summed E-state index contributed by atoms with van der Waals surface area (Å²) in [6.45, 7) is 2.11. The SMILES string of the molecule is CCCc1nnc2n1N[C@H](c1ccccc1)[C@H](C(=O)Nc1ccc(OC)cc1)S2. The number of benzene rings is 2.